The molecule has 0 aliphatic carbocycles. The summed E-state index contributed by atoms with van der Waals surface area (Å²) < 4.78 is 14.0. The molecule has 0 aliphatic rings. The molecule has 1 atom stereocenters. The molecule has 0 aromatic heterocycles. The van der Waals surface area contributed by atoms with E-state index in [-0.39, 0.29) is 11.9 Å². The maximum absolute atomic E-state index is 14.0. The molecule has 1 N–H and O–H groups in total. The van der Waals surface area contributed by atoms with E-state index in [4.69, 9.17) is 0 Å². The zero-order chi connectivity index (χ0) is 13.5. The summed E-state index contributed by atoms with van der Waals surface area (Å²) in [6.45, 7) is 11.0. The Morgan fingerprint density at radius 2 is 2.11 bits per heavy atom. The van der Waals surface area contributed by atoms with Gasteiger partial charge in [0, 0.05) is 11.6 Å². The van der Waals surface area contributed by atoms with Crippen LogP contribution >= 0.6 is 0 Å². The SMILES string of the molecule is C=C(CC)CC(NCCC)c1ccc(C)cc1F. The molecule has 0 fully saturated rings. The van der Waals surface area contributed by atoms with Crippen molar-refractivity contribution in [1.29, 1.82) is 0 Å². The largest absolute Gasteiger partial charge is 0.310 e. The van der Waals surface area contributed by atoms with Crippen LogP contribution in [0.4, 0.5) is 4.39 Å². The predicted molar refractivity (Wildman–Crippen MR) is 76.2 cm³/mol. The number of hydrogen-bond acceptors (Lipinski definition) is 1. The van der Waals surface area contributed by atoms with Crippen molar-refractivity contribution in [2.45, 2.75) is 46.1 Å². The second kappa shape index (κ2) is 7.32. The van der Waals surface area contributed by atoms with Gasteiger partial charge in [-0.05, 0) is 44.4 Å². The van der Waals surface area contributed by atoms with E-state index in [1.54, 1.807) is 6.07 Å². The number of hydrogen-bond donors (Lipinski definition) is 1. The molecule has 0 spiro atoms. The number of rotatable bonds is 7. The Hall–Kier alpha value is -1.15. The molecule has 0 bridgehead atoms. The van der Waals surface area contributed by atoms with Crippen LogP contribution in [0.2, 0.25) is 0 Å². The molecule has 0 saturated carbocycles. The summed E-state index contributed by atoms with van der Waals surface area (Å²) in [5, 5.41) is 3.41. The first-order valence-corrected chi connectivity index (χ1v) is 6.74. The molecule has 18 heavy (non-hydrogen) atoms. The summed E-state index contributed by atoms with van der Waals surface area (Å²) in [6.07, 6.45) is 2.79. The molecule has 0 amide bonds. The molecule has 1 rings (SSSR count). The minimum atomic E-state index is -0.118. The third kappa shape index (κ3) is 4.26. The molecule has 1 nitrogen and oxygen atoms in total. The van der Waals surface area contributed by atoms with Crippen molar-refractivity contribution in [3.63, 3.8) is 0 Å². The van der Waals surface area contributed by atoms with Crippen molar-refractivity contribution < 1.29 is 4.39 Å². The molecule has 0 radical (unpaired) electrons. The van der Waals surface area contributed by atoms with E-state index in [0.29, 0.717) is 0 Å². The van der Waals surface area contributed by atoms with Crippen molar-refractivity contribution in [2.24, 2.45) is 0 Å². The van der Waals surface area contributed by atoms with Crippen LogP contribution in [-0.2, 0) is 0 Å². The van der Waals surface area contributed by atoms with E-state index in [9.17, 15) is 4.39 Å². The van der Waals surface area contributed by atoms with Gasteiger partial charge in [0.1, 0.15) is 5.82 Å². The van der Waals surface area contributed by atoms with E-state index in [0.717, 1.165) is 42.5 Å². The van der Waals surface area contributed by atoms with Gasteiger partial charge in [-0.1, -0.05) is 38.1 Å². The van der Waals surface area contributed by atoms with Gasteiger partial charge in [0.05, 0.1) is 0 Å². The van der Waals surface area contributed by atoms with E-state index in [1.807, 2.05) is 19.1 Å². The first-order chi connectivity index (χ1) is 8.58. The zero-order valence-corrected chi connectivity index (χ0v) is 11.7. The average molecular weight is 249 g/mol. The maximum atomic E-state index is 14.0. The van der Waals surface area contributed by atoms with Gasteiger partial charge in [-0.15, -0.1) is 0 Å². The van der Waals surface area contributed by atoms with Crippen molar-refractivity contribution in [1.82, 2.24) is 5.32 Å². The minimum absolute atomic E-state index is 0.0398. The lowest BCUT2D eigenvalue weighted by Crippen LogP contribution is -2.23. The van der Waals surface area contributed by atoms with Gasteiger partial charge in [-0.2, -0.15) is 0 Å². The Morgan fingerprint density at radius 1 is 1.39 bits per heavy atom. The fraction of sp³-hybridized carbons (Fsp3) is 0.500. The van der Waals surface area contributed by atoms with Gasteiger partial charge < -0.3 is 5.32 Å². The highest BCUT2D eigenvalue weighted by Gasteiger charge is 2.15. The molecular formula is C16H24FN. The monoisotopic (exact) mass is 249 g/mol. The summed E-state index contributed by atoms with van der Waals surface area (Å²) in [4.78, 5) is 0. The molecule has 1 aromatic carbocycles. The molecule has 0 saturated heterocycles. The highest BCUT2D eigenvalue weighted by Crippen LogP contribution is 2.25. The fourth-order valence-corrected chi connectivity index (χ4v) is 1.96. The van der Waals surface area contributed by atoms with Crippen molar-refractivity contribution in [3.05, 3.63) is 47.3 Å². The average Bonchev–Trinajstić information content (AvgIpc) is 2.34. The van der Waals surface area contributed by atoms with Crippen LogP contribution in [0.3, 0.4) is 0 Å². The third-order valence-corrected chi connectivity index (χ3v) is 3.16. The highest BCUT2D eigenvalue weighted by molar-refractivity contribution is 5.27. The van der Waals surface area contributed by atoms with Crippen LogP contribution in [0.5, 0.6) is 0 Å². The van der Waals surface area contributed by atoms with Gasteiger partial charge in [0.25, 0.3) is 0 Å². The standard InChI is InChI=1S/C16H24FN/c1-5-9-18-16(11-12(3)6-2)14-8-7-13(4)10-15(14)17/h7-8,10,16,18H,3,5-6,9,11H2,1-2,4H3. The fourth-order valence-electron chi connectivity index (χ4n) is 1.96. The second-order valence-corrected chi connectivity index (χ2v) is 4.84. The molecular weight excluding hydrogens is 225 g/mol. The summed E-state index contributed by atoms with van der Waals surface area (Å²) >= 11 is 0. The molecule has 0 heterocycles. The van der Waals surface area contributed by atoms with Gasteiger partial charge in [0.2, 0.25) is 0 Å². The number of aryl methyl sites for hydroxylation is 1. The van der Waals surface area contributed by atoms with Gasteiger partial charge in [-0.25, -0.2) is 4.39 Å². The van der Waals surface area contributed by atoms with E-state index >= 15 is 0 Å². The van der Waals surface area contributed by atoms with Crippen LogP contribution in [0, 0.1) is 12.7 Å². The Balaban J connectivity index is 2.89. The normalized spacial score (nSPS) is 12.4. The van der Waals surface area contributed by atoms with Crippen LogP contribution < -0.4 is 5.32 Å². The van der Waals surface area contributed by atoms with E-state index < -0.39 is 0 Å². The predicted octanol–water partition coefficient (Wildman–Crippen LogP) is 4.53. The molecule has 2 heteroatoms. The maximum Gasteiger partial charge on any atom is 0.128 e. The Kier molecular flexibility index (Phi) is 6.06. The van der Waals surface area contributed by atoms with Gasteiger partial charge in [0.15, 0.2) is 0 Å². The topological polar surface area (TPSA) is 12.0 Å². The first-order valence-electron chi connectivity index (χ1n) is 6.74. The van der Waals surface area contributed by atoms with Crippen LogP contribution in [0.15, 0.2) is 30.4 Å². The molecule has 1 aromatic rings. The second-order valence-electron chi connectivity index (χ2n) is 4.84. The van der Waals surface area contributed by atoms with Crippen LogP contribution in [0.25, 0.3) is 0 Å². The lowest BCUT2D eigenvalue weighted by molar-refractivity contribution is 0.493. The minimum Gasteiger partial charge on any atom is -0.310 e. The van der Waals surface area contributed by atoms with Gasteiger partial charge >= 0.3 is 0 Å². The van der Waals surface area contributed by atoms with Crippen molar-refractivity contribution in [3.8, 4) is 0 Å². The third-order valence-electron chi connectivity index (χ3n) is 3.16. The zero-order valence-electron chi connectivity index (χ0n) is 11.7. The number of halogens is 1. The summed E-state index contributed by atoms with van der Waals surface area (Å²) in [5.41, 5.74) is 2.87. The highest BCUT2D eigenvalue weighted by atomic mass is 19.1. The summed E-state index contributed by atoms with van der Waals surface area (Å²) in [6, 6.07) is 5.50. The first kappa shape index (κ1) is 14.9. The number of benzene rings is 1. The quantitative estimate of drug-likeness (QED) is 0.700. The number of nitrogens with one attached hydrogen (secondary N) is 1. The lowest BCUT2D eigenvalue weighted by atomic mass is 9.97. The molecule has 100 valence electrons. The van der Waals surface area contributed by atoms with Crippen molar-refractivity contribution in [2.75, 3.05) is 6.54 Å². The Morgan fingerprint density at radius 3 is 2.67 bits per heavy atom. The van der Waals surface area contributed by atoms with E-state index in [1.165, 1.54) is 0 Å². The Bertz CT molecular complexity index is 398. The molecule has 1 unspecified atom stereocenters. The summed E-state index contributed by atoms with van der Waals surface area (Å²) in [5.74, 6) is -0.118. The van der Waals surface area contributed by atoms with Gasteiger partial charge in [-0.3, -0.25) is 0 Å². The van der Waals surface area contributed by atoms with Crippen molar-refractivity contribution >= 4 is 0 Å². The smallest absolute Gasteiger partial charge is 0.128 e. The Labute approximate surface area is 110 Å². The lowest BCUT2D eigenvalue weighted by Gasteiger charge is -2.20. The van der Waals surface area contributed by atoms with E-state index in [2.05, 4.69) is 25.7 Å². The van der Waals surface area contributed by atoms with Crippen LogP contribution in [0.1, 0.15) is 50.3 Å². The summed E-state index contributed by atoms with van der Waals surface area (Å²) in [7, 11) is 0. The van der Waals surface area contributed by atoms with Crippen LogP contribution in [-0.4, -0.2) is 6.54 Å². The molecule has 0 aliphatic heterocycles.